The first kappa shape index (κ1) is 17.3. The van der Waals surface area contributed by atoms with Gasteiger partial charge in [0.2, 0.25) is 0 Å². The van der Waals surface area contributed by atoms with Crippen molar-refractivity contribution in [1.29, 1.82) is 0 Å². The SMILES string of the molecule is Cc1ccc(-c2nn(Cc3ccccc3)c(-c3ccc(C)cc3)c2C)cc1. The fourth-order valence-electron chi connectivity index (χ4n) is 3.48. The Morgan fingerprint density at radius 1 is 0.667 bits per heavy atom. The van der Waals surface area contributed by atoms with Crippen LogP contribution < -0.4 is 0 Å². The molecule has 1 heterocycles. The number of nitrogens with zero attached hydrogens (tertiary/aromatic N) is 2. The van der Waals surface area contributed by atoms with E-state index in [2.05, 4.69) is 104 Å². The van der Waals surface area contributed by atoms with Gasteiger partial charge in [-0.2, -0.15) is 5.10 Å². The van der Waals surface area contributed by atoms with Gasteiger partial charge in [0, 0.05) is 16.7 Å². The molecule has 0 amide bonds. The van der Waals surface area contributed by atoms with Gasteiger partial charge in [0.25, 0.3) is 0 Å². The zero-order valence-electron chi connectivity index (χ0n) is 16.1. The highest BCUT2D eigenvalue weighted by Gasteiger charge is 2.17. The third-order valence-electron chi connectivity index (χ3n) is 5.01. The zero-order chi connectivity index (χ0) is 18.8. The summed E-state index contributed by atoms with van der Waals surface area (Å²) in [7, 11) is 0. The van der Waals surface area contributed by atoms with Crippen LogP contribution in [0.4, 0.5) is 0 Å². The Kier molecular flexibility index (Phi) is 4.64. The van der Waals surface area contributed by atoms with Crippen LogP contribution in [0.25, 0.3) is 22.5 Å². The van der Waals surface area contributed by atoms with Crippen molar-refractivity contribution in [3.8, 4) is 22.5 Å². The lowest BCUT2D eigenvalue weighted by Crippen LogP contribution is -2.04. The lowest BCUT2D eigenvalue weighted by atomic mass is 10.0. The molecule has 27 heavy (non-hydrogen) atoms. The molecule has 0 saturated carbocycles. The molecule has 0 aliphatic heterocycles. The third-order valence-corrected chi connectivity index (χ3v) is 5.01. The topological polar surface area (TPSA) is 17.8 Å². The van der Waals surface area contributed by atoms with Crippen LogP contribution in [0.3, 0.4) is 0 Å². The molecule has 0 spiro atoms. The Balaban J connectivity index is 1.86. The number of aryl methyl sites for hydroxylation is 2. The van der Waals surface area contributed by atoms with Crippen molar-refractivity contribution in [3.05, 3.63) is 101 Å². The van der Waals surface area contributed by atoms with Gasteiger partial charge >= 0.3 is 0 Å². The molecule has 1 aromatic heterocycles. The molecule has 0 fully saturated rings. The molecule has 2 heteroatoms. The minimum Gasteiger partial charge on any atom is -0.260 e. The van der Waals surface area contributed by atoms with Gasteiger partial charge in [0.15, 0.2) is 0 Å². The van der Waals surface area contributed by atoms with E-state index in [-0.39, 0.29) is 0 Å². The summed E-state index contributed by atoms with van der Waals surface area (Å²) in [5.74, 6) is 0. The highest BCUT2D eigenvalue weighted by molar-refractivity contribution is 5.74. The summed E-state index contributed by atoms with van der Waals surface area (Å²) < 4.78 is 2.14. The number of benzene rings is 3. The molecule has 0 aliphatic rings. The summed E-state index contributed by atoms with van der Waals surface area (Å²) in [6, 6.07) is 27.9. The molecule has 0 N–H and O–H groups in total. The van der Waals surface area contributed by atoms with Crippen molar-refractivity contribution >= 4 is 0 Å². The maximum absolute atomic E-state index is 5.02. The fourth-order valence-corrected chi connectivity index (χ4v) is 3.48. The Morgan fingerprint density at radius 3 is 1.81 bits per heavy atom. The standard InChI is InChI=1S/C25H24N2/c1-18-9-13-22(14-10-18)24-20(3)25(23-15-11-19(2)12-16-23)27(26-24)17-21-7-5-4-6-8-21/h4-16H,17H2,1-3H3. The average molecular weight is 352 g/mol. The van der Waals surface area contributed by atoms with Gasteiger partial charge in [-0.25, -0.2) is 0 Å². The summed E-state index contributed by atoms with van der Waals surface area (Å²) in [5.41, 5.74) is 9.62. The minimum atomic E-state index is 0.761. The predicted molar refractivity (Wildman–Crippen MR) is 113 cm³/mol. The molecule has 0 bridgehead atoms. The molecule has 2 nitrogen and oxygen atoms in total. The van der Waals surface area contributed by atoms with Crippen LogP contribution in [0, 0.1) is 20.8 Å². The Bertz CT molecular complexity index is 1040. The Morgan fingerprint density at radius 2 is 1.22 bits per heavy atom. The lowest BCUT2D eigenvalue weighted by molar-refractivity contribution is 0.696. The predicted octanol–water partition coefficient (Wildman–Crippen LogP) is 6.19. The second-order valence-electron chi connectivity index (χ2n) is 7.20. The molecular weight excluding hydrogens is 328 g/mol. The normalized spacial score (nSPS) is 10.9. The quantitative estimate of drug-likeness (QED) is 0.428. The van der Waals surface area contributed by atoms with Crippen molar-refractivity contribution < 1.29 is 0 Å². The monoisotopic (exact) mass is 352 g/mol. The van der Waals surface area contributed by atoms with Crippen molar-refractivity contribution in [2.45, 2.75) is 27.3 Å². The fraction of sp³-hybridized carbons (Fsp3) is 0.160. The summed E-state index contributed by atoms with van der Waals surface area (Å²) in [5, 5.41) is 5.02. The maximum Gasteiger partial charge on any atom is 0.0959 e. The van der Waals surface area contributed by atoms with Crippen LogP contribution in [0.5, 0.6) is 0 Å². The lowest BCUT2D eigenvalue weighted by Gasteiger charge is -2.09. The summed E-state index contributed by atoms with van der Waals surface area (Å²) in [4.78, 5) is 0. The van der Waals surface area contributed by atoms with Gasteiger partial charge in [0.1, 0.15) is 0 Å². The van der Waals surface area contributed by atoms with E-state index in [1.165, 1.54) is 39.1 Å². The molecule has 0 atom stereocenters. The van der Waals surface area contributed by atoms with Crippen molar-refractivity contribution in [2.24, 2.45) is 0 Å². The van der Waals surface area contributed by atoms with Gasteiger partial charge in [-0.15, -0.1) is 0 Å². The number of rotatable bonds is 4. The zero-order valence-corrected chi connectivity index (χ0v) is 16.1. The van der Waals surface area contributed by atoms with Crippen LogP contribution in [0.2, 0.25) is 0 Å². The summed E-state index contributed by atoms with van der Waals surface area (Å²) in [6.45, 7) is 7.17. The van der Waals surface area contributed by atoms with Gasteiger partial charge in [0.05, 0.1) is 17.9 Å². The van der Waals surface area contributed by atoms with Gasteiger partial charge < -0.3 is 0 Å². The molecule has 0 radical (unpaired) electrons. The average Bonchev–Trinajstić information content (AvgIpc) is 3.00. The van der Waals surface area contributed by atoms with E-state index in [0.29, 0.717) is 0 Å². The van der Waals surface area contributed by atoms with Crippen molar-refractivity contribution in [2.75, 3.05) is 0 Å². The minimum absolute atomic E-state index is 0.761. The van der Waals surface area contributed by atoms with Crippen LogP contribution in [-0.2, 0) is 6.54 Å². The summed E-state index contributed by atoms with van der Waals surface area (Å²) in [6.07, 6.45) is 0. The largest absolute Gasteiger partial charge is 0.260 e. The molecule has 4 aromatic rings. The van der Waals surface area contributed by atoms with E-state index in [1.54, 1.807) is 0 Å². The Hall–Kier alpha value is -3.13. The van der Waals surface area contributed by atoms with E-state index in [9.17, 15) is 0 Å². The van der Waals surface area contributed by atoms with Crippen LogP contribution in [0.1, 0.15) is 22.3 Å². The number of aromatic nitrogens is 2. The van der Waals surface area contributed by atoms with E-state index >= 15 is 0 Å². The van der Waals surface area contributed by atoms with Crippen LogP contribution in [-0.4, -0.2) is 9.78 Å². The third kappa shape index (κ3) is 3.56. The van der Waals surface area contributed by atoms with E-state index < -0.39 is 0 Å². The van der Waals surface area contributed by atoms with Crippen LogP contribution >= 0.6 is 0 Å². The highest BCUT2D eigenvalue weighted by Crippen LogP contribution is 2.32. The first-order valence-corrected chi connectivity index (χ1v) is 9.37. The highest BCUT2D eigenvalue weighted by atomic mass is 15.3. The van der Waals surface area contributed by atoms with E-state index in [4.69, 9.17) is 5.10 Å². The molecule has 4 rings (SSSR count). The molecule has 0 saturated heterocycles. The summed E-state index contributed by atoms with van der Waals surface area (Å²) >= 11 is 0. The van der Waals surface area contributed by atoms with Gasteiger partial charge in [-0.05, 0) is 26.3 Å². The van der Waals surface area contributed by atoms with E-state index in [0.717, 1.165) is 12.2 Å². The van der Waals surface area contributed by atoms with Crippen molar-refractivity contribution in [3.63, 3.8) is 0 Å². The number of hydrogen-bond donors (Lipinski definition) is 0. The van der Waals surface area contributed by atoms with Crippen LogP contribution in [0.15, 0.2) is 78.9 Å². The first-order chi connectivity index (χ1) is 13.1. The van der Waals surface area contributed by atoms with E-state index in [1.807, 2.05) is 0 Å². The first-order valence-electron chi connectivity index (χ1n) is 9.37. The number of hydrogen-bond acceptors (Lipinski definition) is 1. The maximum atomic E-state index is 5.02. The second kappa shape index (κ2) is 7.24. The molecule has 3 aromatic carbocycles. The second-order valence-corrected chi connectivity index (χ2v) is 7.20. The Labute approximate surface area is 161 Å². The smallest absolute Gasteiger partial charge is 0.0959 e. The van der Waals surface area contributed by atoms with Crippen molar-refractivity contribution in [1.82, 2.24) is 9.78 Å². The molecule has 0 unspecified atom stereocenters. The molecular formula is C25H24N2. The van der Waals surface area contributed by atoms with Gasteiger partial charge in [-0.1, -0.05) is 90.0 Å². The molecule has 134 valence electrons. The van der Waals surface area contributed by atoms with Gasteiger partial charge in [-0.3, -0.25) is 4.68 Å². The molecule has 0 aliphatic carbocycles.